The van der Waals surface area contributed by atoms with Crippen molar-refractivity contribution in [1.29, 1.82) is 0 Å². The molecule has 3 N–H and O–H groups in total. The largest absolute Gasteiger partial charge is 0.497 e. The Hall–Kier alpha value is -3.28. The summed E-state index contributed by atoms with van der Waals surface area (Å²) in [7, 11) is 1.68. The number of ether oxygens (including phenoxy) is 1. The molecule has 0 saturated carbocycles. The van der Waals surface area contributed by atoms with Crippen molar-refractivity contribution in [2.45, 2.75) is 46.1 Å². The molecule has 3 aromatic heterocycles. The Morgan fingerprint density at radius 1 is 1.32 bits per heavy atom. The molecule has 0 aliphatic rings. The zero-order valence-corrected chi connectivity index (χ0v) is 18.6. The maximum absolute atomic E-state index is 12.2. The van der Waals surface area contributed by atoms with Crippen molar-refractivity contribution in [1.82, 2.24) is 14.5 Å². The molecule has 0 aliphatic carbocycles. The number of hydrogen-bond donors (Lipinski definition) is 2. The number of aromatic amines is 1. The minimum Gasteiger partial charge on any atom is -0.497 e. The van der Waals surface area contributed by atoms with Gasteiger partial charge < -0.3 is 20.0 Å². The third-order valence-electron chi connectivity index (χ3n) is 6.34. The predicted octanol–water partition coefficient (Wildman–Crippen LogP) is 5.44. The zero-order valence-electron chi connectivity index (χ0n) is 18.6. The van der Waals surface area contributed by atoms with Gasteiger partial charge in [-0.3, -0.25) is 4.79 Å². The summed E-state index contributed by atoms with van der Waals surface area (Å²) in [6, 6.07) is 12.3. The monoisotopic (exact) mass is 418 g/mol. The van der Waals surface area contributed by atoms with E-state index in [9.17, 15) is 4.79 Å². The van der Waals surface area contributed by atoms with Gasteiger partial charge in [0.05, 0.1) is 7.11 Å². The van der Waals surface area contributed by atoms with Crippen LogP contribution in [0.5, 0.6) is 5.75 Å². The number of hydrogen-bond acceptors (Lipinski definition) is 3. The van der Waals surface area contributed by atoms with Crippen LogP contribution in [-0.4, -0.2) is 27.6 Å². The molecule has 2 unspecified atom stereocenters. The quantitative estimate of drug-likeness (QED) is 0.400. The SMILES string of the molecule is CCCC(C)(CC(C)n1cc(-c2cc3cccnc3[nH]2)c2cc(OC)ccc21)C(N)=O. The molecule has 2 atom stereocenters. The maximum atomic E-state index is 12.2. The average molecular weight is 419 g/mol. The van der Waals surface area contributed by atoms with Gasteiger partial charge in [0.15, 0.2) is 0 Å². The van der Waals surface area contributed by atoms with Crippen LogP contribution in [0.15, 0.2) is 48.8 Å². The highest BCUT2D eigenvalue weighted by molar-refractivity contribution is 5.98. The number of rotatable bonds is 8. The number of fused-ring (bicyclic) bond motifs is 2. The van der Waals surface area contributed by atoms with Crippen LogP contribution in [0.3, 0.4) is 0 Å². The summed E-state index contributed by atoms with van der Waals surface area (Å²) in [5.41, 5.74) is 9.30. The summed E-state index contributed by atoms with van der Waals surface area (Å²) in [5, 5.41) is 2.16. The molecule has 0 bridgehead atoms. The van der Waals surface area contributed by atoms with E-state index in [-0.39, 0.29) is 11.9 Å². The molecule has 162 valence electrons. The second-order valence-electron chi connectivity index (χ2n) is 8.69. The second kappa shape index (κ2) is 8.10. The lowest BCUT2D eigenvalue weighted by Gasteiger charge is -2.29. The average Bonchev–Trinajstić information content (AvgIpc) is 3.34. The first-order valence-electron chi connectivity index (χ1n) is 10.8. The van der Waals surface area contributed by atoms with Gasteiger partial charge in [-0.15, -0.1) is 0 Å². The molecule has 3 heterocycles. The summed E-state index contributed by atoms with van der Waals surface area (Å²) in [4.78, 5) is 20.1. The number of primary amides is 1. The number of nitrogens with zero attached hydrogens (tertiary/aromatic N) is 2. The first-order valence-corrected chi connectivity index (χ1v) is 10.8. The van der Waals surface area contributed by atoms with Crippen LogP contribution in [0, 0.1) is 5.41 Å². The molecule has 1 amide bonds. The van der Waals surface area contributed by atoms with Gasteiger partial charge in [0, 0.05) is 51.4 Å². The Labute approximate surface area is 182 Å². The number of benzene rings is 1. The van der Waals surface area contributed by atoms with Gasteiger partial charge in [-0.1, -0.05) is 20.3 Å². The summed E-state index contributed by atoms with van der Waals surface area (Å²) >= 11 is 0. The number of nitrogens with two attached hydrogens (primary N) is 1. The fraction of sp³-hybridized carbons (Fsp3) is 0.360. The summed E-state index contributed by atoms with van der Waals surface area (Å²) in [6.45, 7) is 6.22. The van der Waals surface area contributed by atoms with Crippen LogP contribution >= 0.6 is 0 Å². The third-order valence-corrected chi connectivity index (χ3v) is 6.34. The van der Waals surface area contributed by atoms with Crippen molar-refractivity contribution in [3.05, 3.63) is 48.8 Å². The minimum absolute atomic E-state index is 0.0937. The number of H-pyrrole nitrogens is 1. The van der Waals surface area contributed by atoms with E-state index in [4.69, 9.17) is 10.5 Å². The highest BCUT2D eigenvalue weighted by Crippen LogP contribution is 2.39. The van der Waals surface area contributed by atoms with Crippen molar-refractivity contribution >= 4 is 27.8 Å². The predicted molar refractivity (Wildman–Crippen MR) is 125 cm³/mol. The Morgan fingerprint density at radius 3 is 2.81 bits per heavy atom. The zero-order chi connectivity index (χ0) is 22.2. The standard InChI is InChI=1S/C25H30N4O2/c1-5-10-25(3,24(26)30)14-16(2)29-15-20(19-13-18(31-4)8-9-22(19)29)21-12-17-7-6-11-27-23(17)28-21/h6-9,11-13,15-16H,5,10,14H2,1-4H3,(H2,26,30)(H,27,28). The number of aromatic nitrogens is 3. The molecule has 0 aliphatic heterocycles. The smallest absolute Gasteiger partial charge is 0.223 e. The molecule has 0 fully saturated rings. The van der Waals surface area contributed by atoms with Crippen LogP contribution in [0.4, 0.5) is 0 Å². The van der Waals surface area contributed by atoms with E-state index >= 15 is 0 Å². The van der Waals surface area contributed by atoms with E-state index in [1.807, 2.05) is 25.1 Å². The van der Waals surface area contributed by atoms with Gasteiger partial charge in [-0.05, 0) is 56.2 Å². The van der Waals surface area contributed by atoms with E-state index in [1.54, 1.807) is 13.3 Å². The number of carbonyl (C=O) groups excluding carboxylic acids is 1. The van der Waals surface area contributed by atoms with E-state index in [2.05, 4.69) is 52.8 Å². The molecule has 6 heteroatoms. The van der Waals surface area contributed by atoms with E-state index in [0.717, 1.165) is 51.8 Å². The van der Waals surface area contributed by atoms with Crippen LogP contribution in [0.2, 0.25) is 0 Å². The Bertz CT molecular complexity index is 1210. The first kappa shape index (κ1) is 21.0. The molecule has 31 heavy (non-hydrogen) atoms. The number of nitrogens with one attached hydrogen (secondary N) is 1. The normalized spacial score (nSPS) is 14.6. The molecular formula is C25H30N4O2. The maximum Gasteiger partial charge on any atom is 0.223 e. The Balaban J connectivity index is 1.83. The molecule has 6 nitrogen and oxygen atoms in total. The number of pyridine rings is 1. The van der Waals surface area contributed by atoms with Crippen molar-refractivity contribution in [2.75, 3.05) is 7.11 Å². The minimum atomic E-state index is -0.539. The molecule has 0 spiro atoms. The number of amides is 1. The third kappa shape index (κ3) is 3.78. The van der Waals surface area contributed by atoms with Crippen LogP contribution in [0.25, 0.3) is 33.2 Å². The van der Waals surface area contributed by atoms with Crippen molar-refractivity contribution in [3.8, 4) is 17.0 Å². The van der Waals surface area contributed by atoms with E-state index in [0.29, 0.717) is 6.42 Å². The summed E-state index contributed by atoms with van der Waals surface area (Å²) < 4.78 is 7.74. The second-order valence-corrected chi connectivity index (χ2v) is 8.69. The lowest BCUT2D eigenvalue weighted by atomic mass is 9.79. The van der Waals surface area contributed by atoms with E-state index in [1.165, 1.54) is 0 Å². The van der Waals surface area contributed by atoms with Crippen molar-refractivity contribution in [3.63, 3.8) is 0 Å². The molecule has 0 saturated heterocycles. The highest BCUT2D eigenvalue weighted by Gasteiger charge is 2.33. The van der Waals surface area contributed by atoms with E-state index < -0.39 is 5.41 Å². The molecular weight excluding hydrogens is 388 g/mol. The topological polar surface area (TPSA) is 85.9 Å². The summed E-state index contributed by atoms with van der Waals surface area (Å²) in [5.74, 6) is 0.572. The lowest BCUT2D eigenvalue weighted by Crippen LogP contribution is -2.36. The molecule has 4 aromatic rings. The van der Waals surface area contributed by atoms with Crippen LogP contribution in [0.1, 0.15) is 46.1 Å². The van der Waals surface area contributed by atoms with Crippen molar-refractivity contribution < 1.29 is 9.53 Å². The Morgan fingerprint density at radius 2 is 2.13 bits per heavy atom. The fourth-order valence-electron chi connectivity index (χ4n) is 4.67. The molecule has 1 aromatic carbocycles. The number of carbonyl (C=O) groups is 1. The first-order chi connectivity index (χ1) is 14.9. The van der Waals surface area contributed by atoms with Gasteiger partial charge in [0.2, 0.25) is 5.91 Å². The lowest BCUT2D eigenvalue weighted by molar-refractivity contribution is -0.128. The number of methoxy groups -OCH3 is 1. The van der Waals surface area contributed by atoms with Gasteiger partial charge in [0.1, 0.15) is 11.4 Å². The van der Waals surface area contributed by atoms with Crippen LogP contribution < -0.4 is 10.5 Å². The van der Waals surface area contributed by atoms with Gasteiger partial charge >= 0.3 is 0 Å². The summed E-state index contributed by atoms with van der Waals surface area (Å²) in [6.07, 6.45) is 6.32. The molecule has 0 radical (unpaired) electrons. The van der Waals surface area contributed by atoms with Gasteiger partial charge in [-0.2, -0.15) is 0 Å². The van der Waals surface area contributed by atoms with Crippen molar-refractivity contribution in [2.24, 2.45) is 11.1 Å². The fourth-order valence-corrected chi connectivity index (χ4v) is 4.67. The molecule has 4 rings (SSSR count). The van der Waals surface area contributed by atoms with Gasteiger partial charge in [0.25, 0.3) is 0 Å². The van der Waals surface area contributed by atoms with Gasteiger partial charge in [-0.25, -0.2) is 4.98 Å². The van der Waals surface area contributed by atoms with Crippen LogP contribution in [-0.2, 0) is 4.79 Å². The Kier molecular flexibility index (Phi) is 5.48. The highest BCUT2D eigenvalue weighted by atomic mass is 16.5.